The molecule has 1 aromatic heterocycles. The number of hydrogen-bond acceptors (Lipinski definition) is 2. The Morgan fingerprint density at radius 3 is 2.65 bits per heavy atom. The van der Waals surface area contributed by atoms with Crippen LogP contribution >= 0.6 is 0 Å². The van der Waals surface area contributed by atoms with Crippen LogP contribution in [0.1, 0.15) is 38.9 Å². The minimum Gasteiger partial charge on any atom is -0.343 e. The zero-order valence-corrected chi connectivity index (χ0v) is 14.5. The highest BCUT2D eigenvalue weighted by atomic mass is 16.2. The van der Waals surface area contributed by atoms with E-state index in [2.05, 4.69) is 53.4 Å². The van der Waals surface area contributed by atoms with Gasteiger partial charge in [-0.25, -0.2) is 4.98 Å². The van der Waals surface area contributed by atoms with Crippen LogP contribution in [0.4, 0.5) is 0 Å². The van der Waals surface area contributed by atoms with E-state index in [1.165, 1.54) is 5.52 Å². The second-order valence-corrected chi connectivity index (χ2v) is 7.18. The van der Waals surface area contributed by atoms with Crippen LogP contribution in [-0.4, -0.2) is 33.4 Å². The van der Waals surface area contributed by atoms with Crippen LogP contribution in [0, 0.1) is 18.8 Å². The van der Waals surface area contributed by atoms with E-state index in [9.17, 15) is 4.79 Å². The summed E-state index contributed by atoms with van der Waals surface area (Å²) in [7, 11) is 0. The van der Waals surface area contributed by atoms with Gasteiger partial charge in [0.2, 0.25) is 5.91 Å². The van der Waals surface area contributed by atoms with Gasteiger partial charge in [-0.2, -0.15) is 0 Å². The van der Waals surface area contributed by atoms with Crippen LogP contribution in [0.15, 0.2) is 24.3 Å². The van der Waals surface area contributed by atoms with Crippen molar-refractivity contribution >= 4 is 16.9 Å². The molecule has 0 saturated carbocycles. The van der Waals surface area contributed by atoms with Gasteiger partial charge in [0.25, 0.3) is 0 Å². The van der Waals surface area contributed by atoms with Crippen molar-refractivity contribution in [2.24, 2.45) is 11.8 Å². The van der Waals surface area contributed by atoms with Crippen molar-refractivity contribution in [3.63, 3.8) is 0 Å². The van der Waals surface area contributed by atoms with E-state index >= 15 is 0 Å². The fourth-order valence-corrected chi connectivity index (χ4v) is 3.53. The van der Waals surface area contributed by atoms with Crippen LogP contribution in [-0.2, 0) is 11.3 Å². The number of nitrogens with zero attached hydrogens (tertiary/aromatic N) is 3. The zero-order valence-electron chi connectivity index (χ0n) is 14.5. The lowest BCUT2D eigenvalue weighted by atomic mass is 9.96. The molecule has 1 saturated heterocycles. The highest BCUT2D eigenvalue weighted by Gasteiger charge is 2.24. The highest BCUT2D eigenvalue weighted by Crippen LogP contribution is 2.24. The van der Waals surface area contributed by atoms with Gasteiger partial charge in [-0.05, 0) is 43.7 Å². The van der Waals surface area contributed by atoms with Gasteiger partial charge in [0, 0.05) is 26.1 Å². The molecule has 4 heteroatoms. The van der Waals surface area contributed by atoms with Crippen LogP contribution in [0.25, 0.3) is 11.0 Å². The number of likely N-dealkylation sites (tertiary alicyclic amines) is 1. The molecule has 1 aromatic carbocycles. The van der Waals surface area contributed by atoms with Gasteiger partial charge in [0.05, 0.1) is 11.0 Å². The minimum atomic E-state index is 0.322. The molecule has 0 aliphatic carbocycles. The van der Waals surface area contributed by atoms with Crippen molar-refractivity contribution < 1.29 is 4.79 Å². The molecule has 3 rings (SSSR count). The average molecular weight is 313 g/mol. The smallest absolute Gasteiger partial charge is 0.222 e. The summed E-state index contributed by atoms with van der Waals surface area (Å²) < 4.78 is 2.34. The number of benzene rings is 1. The van der Waals surface area contributed by atoms with E-state index in [0.29, 0.717) is 24.2 Å². The van der Waals surface area contributed by atoms with Crippen molar-refractivity contribution in [2.75, 3.05) is 13.1 Å². The molecule has 2 heterocycles. The first-order valence-corrected chi connectivity index (χ1v) is 8.74. The molecular formula is C19H27N3O. The number of fused-ring (bicyclic) bond motifs is 1. The van der Waals surface area contributed by atoms with Crippen molar-refractivity contribution in [3.05, 3.63) is 30.1 Å². The molecule has 2 aromatic rings. The summed E-state index contributed by atoms with van der Waals surface area (Å²) in [6, 6.07) is 8.34. The number of aromatic nitrogens is 2. The van der Waals surface area contributed by atoms with Crippen molar-refractivity contribution in [1.29, 1.82) is 0 Å². The number of imidazole rings is 1. The van der Waals surface area contributed by atoms with Gasteiger partial charge >= 0.3 is 0 Å². The molecule has 1 aliphatic heterocycles. The second-order valence-electron chi connectivity index (χ2n) is 7.18. The summed E-state index contributed by atoms with van der Waals surface area (Å²) in [4.78, 5) is 18.9. The summed E-state index contributed by atoms with van der Waals surface area (Å²) in [5.41, 5.74) is 2.30. The molecule has 1 fully saturated rings. The minimum absolute atomic E-state index is 0.322. The monoisotopic (exact) mass is 313 g/mol. The fourth-order valence-electron chi connectivity index (χ4n) is 3.53. The van der Waals surface area contributed by atoms with E-state index in [4.69, 9.17) is 0 Å². The molecule has 0 spiro atoms. The molecule has 0 radical (unpaired) electrons. The van der Waals surface area contributed by atoms with E-state index in [0.717, 1.165) is 43.8 Å². The van der Waals surface area contributed by atoms with Gasteiger partial charge in [-0.1, -0.05) is 26.0 Å². The molecule has 0 atom stereocenters. The summed E-state index contributed by atoms with van der Waals surface area (Å²) in [6.45, 7) is 9.12. The van der Waals surface area contributed by atoms with E-state index in [1.54, 1.807) is 0 Å². The summed E-state index contributed by atoms with van der Waals surface area (Å²) in [5.74, 6) is 2.49. The Balaban J connectivity index is 1.62. The third-order valence-corrected chi connectivity index (χ3v) is 4.84. The topological polar surface area (TPSA) is 38.1 Å². The van der Waals surface area contributed by atoms with Gasteiger partial charge < -0.3 is 9.47 Å². The maximum absolute atomic E-state index is 12.2. The standard InChI is InChI=1S/C19H27N3O/c1-14(2)12-19(23)21-10-8-16(9-11-21)13-22-15(3)20-17-6-4-5-7-18(17)22/h4-7,14,16H,8-13H2,1-3H3. The molecule has 0 bridgehead atoms. The number of hydrogen-bond donors (Lipinski definition) is 0. The van der Waals surface area contributed by atoms with Crippen LogP contribution in [0.3, 0.4) is 0 Å². The molecule has 124 valence electrons. The Morgan fingerprint density at radius 2 is 1.96 bits per heavy atom. The molecule has 0 N–H and O–H groups in total. The molecule has 1 aliphatic rings. The predicted molar refractivity (Wildman–Crippen MR) is 93.2 cm³/mol. The first-order chi connectivity index (χ1) is 11.0. The third kappa shape index (κ3) is 3.57. The molecule has 23 heavy (non-hydrogen) atoms. The van der Waals surface area contributed by atoms with Crippen LogP contribution in [0.2, 0.25) is 0 Å². The van der Waals surface area contributed by atoms with Crippen LogP contribution in [0.5, 0.6) is 0 Å². The maximum Gasteiger partial charge on any atom is 0.222 e. The van der Waals surface area contributed by atoms with Gasteiger partial charge in [0.15, 0.2) is 0 Å². The highest BCUT2D eigenvalue weighted by molar-refractivity contribution is 5.76. The molecule has 1 amide bonds. The quantitative estimate of drug-likeness (QED) is 0.864. The molecule has 4 nitrogen and oxygen atoms in total. The molecular weight excluding hydrogens is 286 g/mol. The molecule has 0 unspecified atom stereocenters. The van der Waals surface area contributed by atoms with Crippen molar-refractivity contribution in [1.82, 2.24) is 14.5 Å². The maximum atomic E-state index is 12.2. The van der Waals surface area contributed by atoms with Gasteiger partial charge in [0.1, 0.15) is 5.82 Å². The van der Waals surface area contributed by atoms with E-state index in [1.807, 2.05) is 6.07 Å². The lowest BCUT2D eigenvalue weighted by Gasteiger charge is -2.33. The lowest BCUT2D eigenvalue weighted by Crippen LogP contribution is -2.39. The Hall–Kier alpha value is -1.84. The lowest BCUT2D eigenvalue weighted by molar-refractivity contribution is -0.133. The Morgan fingerprint density at radius 1 is 1.26 bits per heavy atom. The number of rotatable bonds is 4. The van der Waals surface area contributed by atoms with Crippen molar-refractivity contribution in [2.45, 2.75) is 46.6 Å². The number of amides is 1. The Kier molecular flexibility index (Phi) is 4.69. The SMILES string of the molecule is Cc1nc2ccccc2n1CC1CCN(C(=O)CC(C)C)CC1. The third-order valence-electron chi connectivity index (χ3n) is 4.84. The predicted octanol–water partition coefficient (Wildman–Crippen LogP) is 3.63. The van der Waals surface area contributed by atoms with Crippen molar-refractivity contribution in [3.8, 4) is 0 Å². The number of carbonyl (C=O) groups excluding carboxylic acids is 1. The number of carbonyl (C=O) groups is 1. The second kappa shape index (κ2) is 6.73. The van der Waals surface area contributed by atoms with Gasteiger partial charge in [-0.15, -0.1) is 0 Å². The number of aryl methyl sites for hydroxylation is 1. The summed E-state index contributed by atoms with van der Waals surface area (Å²) in [6.07, 6.45) is 2.86. The summed E-state index contributed by atoms with van der Waals surface area (Å²) >= 11 is 0. The van der Waals surface area contributed by atoms with E-state index < -0.39 is 0 Å². The normalized spacial score (nSPS) is 16.4. The summed E-state index contributed by atoms with van der Waals surface area (Å²) in [5, 5.41) is 0. The van der Waals surface area contributed by atoms with Gasteiger partial charge in [-0.3, -0.25) is 4.79 Å². The zero-order chi connectivity index (χ0) is 16.4. The van der Waals surface area contributed by atoms with E-state index in [-0.39, 0.29) is 0 Å². The number of piperidine rings is 1. The Labute approximate surface area is 138 Å². The first-order valence-electron chi connectivity index (χ1n) is 8.74. The first kappa shape index (κ1) is 16.0. The Bertz CT molecular complexity index is 681. The van der Waals surface area contributed by atoms with Crippen LogP contribution < -0.4 is 0 Å². The fraction of sp³-hybridized carbons (Fsp3) is 0.579. The average Bonchev–Trinajstić information content (AvgIpc) is 2.83. The number of para-hydroxylation sites is 2. The largest absolute Gasteiger partial charge is 0.343 e.